The van der Waals surface area contributed by atoms with E-state index in [1.165, 1.54) is 18.2 Å². The van der Waals surface area contributed by atoms with Crippen LogP contribution in [0.4, 0.5) is 13.2 Å². The van der Waals surface area contributed by atoms with Crippen LogP contribution in [-0.2, 0) is 24.0 Å². The lowest BCUT2D eigenvalue weighted by Gasteiger charge is -2.10. The Hall–Kier alpha value is -1.66. The molecule has 0 aliphatic carbocycles. The van der Waals surface area contributed by atoms with E-state index < -0.39 is 19.2 Å². The van der Waals surface area contributed by atoms with Gasteiger partial charge in [-0.2, -0.15) is 0 Å². The fourth-order valence-electron chi connectivity index (χ4n) is 3.27. The highest BCUT2D eigenvalue weighted by molar-refractivity contribution is 7.51. The van der Waals surface area contributed by atoms with Crippen molar-refractivity contribution in [2.45, 2.75) is 51.5 Å². The second-order valence-corrected chi connectivity index (χ2v) is 9.24. The lowest BCUT2D eigenvalue weighted by atomic mass is 10.0. The van der Waals surface area contributed by atoms with Crippen molar-refractivity contribution < 1.29 is 27.5 Å². The highest BCUT2D eigenvalue weighted by Crippen LogP contribution is 2.34. The summed E-state index contributed by atoms with van der Waals surface area (Å²) in [6.45, 7) is 0.404. The molecule has 0 bridgehead atoms. The molecule has 2 aromatic rings. The minimum atomic E-state index is -4.03. The van der Waals surface area contributed by atoms with Gasteiger partial charge in [0.05, 0.1) is 6.16 Å². The first kappa shape index (κ1) is 24.6. The number of rotatable bonds is 13. The van der Waals surface area contributed by atoms with Crippen LogP contribution in [0.1, 0.15) is 48.8 Å². The molecule has 30 heavy (non-hydrogen) atoms. The summed E-state index contributed by atoms with van der Waals surface area (Å²) in [7, 11) is -4.03. The maximum Gasteiger partial charge on any atom is 0.325 e. The van der Waals surface area contributed by atoms with Gasteiger partial charge in [0.2, 0.25) is 0 Å². The summed E-state index contributed by atoms with van der Waals surface area (Å²) in [5, 5.41) is 2.87. The molecule has 3 N–H and O–H groups in total. The molecule has 0 spiro atoms. The van der Waals surface area contributed by atoms with Crippen molar-refractivity contribution in [2.75, 3.05) is 12.7 Å². The number of hydrogen-bond donors (Lipinski definition) is 3. The highest BCUT2D eigenvalue weighted by Gasteiger charge is 2.12. The van der Waals surface area contributed by atoms with Gasteiger partial charge in [-0.15, -0.1) is 0 Å². The van der Waals surface area contributed by atoms with E-state index in [0.717, 1.165) is 25.7 Å². The van der Waals surface area contributed by atoms with E-state index in [1.807, 2.05) is 6.07 Å². The minimum absolute atomic E-state index is 0.0975. The molecule has 0 unspecified atom stereocenters. The zero-order valence-electron chi connectivity index (χ0n) is 16.9. The molecule has 0 atom stereocenters. The van der Waals surface area contributed by atoms with Gasteiger partial charge in [-0.3, -0.25) is 4.57 Å². The summed E-state index contributed by atoms with van der Waals surface area (Å²) in [5.74, 6) is -1.13. The summed E-state index contributed by atoms with van der Waals surface area (Å²) in [6.07, 6.45) is 4.47. The molecule has 166 valence electrons. The number of halogens is 3. The Morgan fingerprint density at radius 2 is 1.37 bits per heavy atom. The number of nitrogens with one attached hydrogen (secondary N) is 1. The molecule has 0 heterocycles. The van der Waals surface area contributed by atoms with Gasteiger partial charge in [-0.25, -0.2) is 13.2 Å². The molecule has 0 amide bonds. The van der Waals surface area contributed by atoms with Gasteiger partial charge < -0.3 is 15.1 Å². The molecular weight excluding hydrogens is 414 g/mol. The van der Waals surface area contributed by atoms with Crippen molar-refractivity contribution in [2.24, 2.45) is 0 Å². The van der Waals surface area contributed by atoms with E-state index in [-0.39, 0.29) is 30.5 Å². The third kappa shape index (κ3) is 9.00. The lowest BCUT2D eigenvalue weighted by molar-refractivity contribution is 0.371. The third-order valence-electron chi connectivity index (χ3n) is 4.93. The van der Waals surface area contributed by atoms with E-state index in [4.69, 9.17) is 9.79 Å². The monoisotopic (exact) mass is 443 g/mol. The fraction of sp³-hybridized carbons (Fsp3) is 0.455. The van der Waals surface area contributed by atoms with Gasteiger partial charge >= 0.3 is 7.60 Å². The molecule has 0 radical (unpaired) electrons. The average molecular weight is 443 g/mol. The molecule has 0 saturated heterocycles. The molecule has 0 aliphatic heterocycles. The Morgan fingerprint density at radius 1 is 0.767 bits per heavy atom. The maximum atomic E-state index is 14.3. The SMILES string of the molecule is O=P(O)(O)CCCNCc1cc(F)c(CCCCCCc2ccccc2F)cc1F. The molecule has 0 aromatic heterocycles. The summed E-state index contributed by atoms with van der Waals surface area (Å²) in [4.78, 5) is 17.6. The zero-order valence-corrected chi connectivity index (χ0v) is 17.8. The van der Waals surface area contributed by atoms with Crippen molar-refractivity contribution in [1.29, 1.82) is 0 Å². The van der Waals surface area contributed by atoms with Gasteiger partial charge in [-0.05, 0) is 68.0 Å². The Bertz CT molecular complexity index is 858. The Labute approximate surface area is 175 Å². The first-order chi connectivity index (χ1) is 14.3. The smallest absolute Gasteiger partial charge is 0.324 e. The highest BCUT2D eigenvalue weighted by atomic mass is 31.2. The normalized spacial score (nSPS) is 11.8. The molecule has 0 fully saturated rings. The van der Waals surface area contributed by atoms with Gasteiger partial charge in [0.1, 0.15) is 17.5 Å². The first-order valence-corrected chi connectivity index (χ1v) is 12.0. The predicted molar refractivity (Wildman–Crippen MR) is 112 cm³/mol. The van der Waals surface area contributed by atoms with Crippen LogP contribution in [0, 0.1) is 17.5 Å². The van der Waals surface area contributed by atoms with E-state index in [9.17, 15) is 17.7 Å². The van der Waals surface area contributed by atoms with Crippen molar-refractivity contribution in [3.8, 4) is 0 Å². The van der Waals surface area contributed by atoms with Crippen LogP contribution < -0.4 is 5.32 Å². The van der Waals surface area contributed by atoms with Crippen LogP contribution in [0.15, 0.2) is 36.4 Å². The summed E-state index contributed by atoms with van der Waals surface area (Å²) >= 11 is 0. The van der Waals surface area contributed by atoms with Crippen LogP contribution in [0.5, 0.6) is 0 Å². The summed E-state index contributed by atoms with van der Waals surface area (Å²) < 4.78 is 52.8. The van der Waals surface area contributed by atoms with Gasteiger partial charge in [0.15, 0.2) is 0 Å². The lowest BCUT2D eigenvalue weighted by Crippen LogP contribution is -2.17. The van der Waals surface area contributed by atoms with Gasteiger partial charge in [0, 0.05) is 12.1 Å². The molecule has 8 heteroatoms. The number of aryl methyl sites for hydroxylation is 2. The van der Waals surface area contributed by atoms with Crippen molar-refractivity contribution in [1.82, 2.24) is 5.32 Å². The number of unbranched alkanes of at least 4 members (excludes halogenated alkanes) is 3. The standard InChI is InChI=1S/C22H29F3NO3P/c23-20-11-6-5-9-17(20)8-3-1-2-4-10-18-14-22(25)19(15-21(18)24)16-26-12-7-13-30(27,28)29/h5-6,9,11,14-15,26H,1-4,7-8,10,12-13,16H2,(H2,27,28,29). The third-order valence-corrected chi connectivity index (χ3v) is 5.83. The first-order valence-electron chi connectivity index (χ1n) is 10.2. The quantitative estimate of drug-likeness (QED) is 0.297. The predicted octanol–water partition coefficient (Wildman–Crippen LogP) is 5.11. The van der Waals surface area contributed by atoms with Crippen LogP contribution in [0.3, 0.4) is 0 Å². The maximum absolute atomic E-state index is 14.3. The molecule has 0 saturated carbocycles. The van der Waals surface area contributed by atoms with Crippen molar-refractivity contribution >= 4 is 7.60 Å². The van der Waals surface area contributed by atoms with Crippen LogP contribution >= 0.6 is 7.60 Å². The van der Waals surface area contributed by atoms with Crippen molar-refractivity contribution in [3.63, 3.8) is 0 Å². The van der Waals surface area contributed by atoms with Crippen LogP contribution in [0.2, 0.25) is 0 Å². The Kier molecular flexibility index (Phi) is 10.1. The van der Waals surface area contributed by atoms with E-state index in [2.05, 4.69) is 5.32 Å². The average Bonchev–Trinajstić information content (AvgIpc) is 2.67. The van der Waals surface area contributed by atoms with Crippen molar-refractivity contribution in [3.05, 3.63) is 70.5 Å². The Balaban J connectivity index is 1.69. The largest absolute Gasteiger partial charge is 0.325 e. The Morgan fingerprint density at radius 3 is 2.03 bits per heavy atom. The molecular formula is C22H29F3NO3P. The molecule has 2 aromatic carbocycles. The summed E-state index contributed by atoms with van der Waals surface area (Å²) in [5.41, 5.74) is 1.24. The second-order valence-electron chi connectivity index (χ2n) is 7.46. The number of hydrogen-bond acceptors (Lipinski definition) is 2. The van der Waals surface area contributed by atoms with Gasteiger partial charge in [-0.1, -0.05) is 31.0 Å². The zero-order chi connectivity index (χ0) is 22.0. The second kappa shape index (κ2) is 12.3. The molecule has 4 nitrogen and oxygen atoms in total. The number of benzene rings is 2. The van der Waals surface area contributed by atoms with E-state index in [1.54, 1.807) is 12.1 Å². The topological polar surface area (TPSA) is 69.6 Å². The van der Waals surface area contributed by atoms with Crippen LogP contribution in [-0.4, -0.2) is 22.5 Å². The van der Waals surface area contributed by atoms with E-state index in [0.29, 0.717) is 30.5 Å². The minimum Gasteiger partial charge on any atom is -0.324 e. The van der Waals surface area contributed by atoms with Gasteiger partial charge in [0.25, 0.3) is 0 Å². The fourth-order valence-corrected chi connectivity index (χ4v) is 3.85. The molecule has 0 aliphatic rings. The molecule has 2 rings (SSSR count). The van der Waals surface area contributed by atoms with Crippen LogP contribution in [0.25, 0.3) is 0 Å². The van der Waals surface area contributed by atoms with E-state index >= 15 is 0 Å². The summed E-state index contributed by atoms with van der Waals surface area (Å²) in [6, 6.07) is 9.12.